The Morgan fingerprint density at radius 3 is 2.50 bits per heavy atom. The van der Waals surface area contributed by atoms with E-state index in [0.29, 0.717) is 30.3 Å². The van der Waals surface area contributed by atoms with Gasteiger partial charge in [-0.2, -0.15) is 0 Å². The first-order valence-corrected chi connectivity index (χ1v) is 9.48. The van der Waals surface area contributed by atoms with E-state index in [4.69, 9.17) is 0 Å². The second kappa shape index (κ2) is 5.19. The number of aliphatic hydroxyl groups excluding tert-OH is 3. The lowest BCUT2D eigenvalue weighted by atomic mass is 9.44. The van der Waals surface area contributed by atoms with E-state index in [0.717, 1.165) is 32.1 Å². The molecule has 4 aliphatic carbocycles. The predicted molar refractivity (Wildman–Crippen MR) is 85.2 cm³/mol. The summed E-state index contributed by atoms with van der Waals surface area (Å²) in [6.07, 6.45) is 9.35. The Morgan fingerprint density at radius 1 is 0.909 bits per heavy atom. The molecule has 0 spiro atoms. The van der Waals surface area contributed by atoms with Crippen molar-refractivity contribution in [2.75, 3.05) is 6.61 Å². The summed E-state index contributed by atoms with van der Waals surface area (Å²) in [4.78, 5) is 0. The molecular formula is C19H32O3. The van der Waals surface area contributed by atoms with E-state index in [9.17, 15) is 15.3 Å². The summed E-state index contributed by atoms with van der Waals surface area (Å²) >= 11 is 0. The van der Waals surface area contributed by atoms with Crippen molar-refractivity contribution in [3.05, 3.63) is 0 Å². The minimum absolute atomic E-state index is 0.0665. The Hall–Kier alpha value is -0.120. The van der Waals surface area contributed by atoms with Crippen LogP contribution in [0.5, 0.6) is 0 Å². The molecule has 3 nitrogen and oxygen atoms in total. The summed E-state index contributed by atoms with van der Waals surface area (Å²) in [5, 5.41) is 30.9. The smallest absolute Gasteiger partial charge is 0.0596 e. The van der Waals surface area contributed by atoms with Crippen molar-refractivity contribution in [1.29, 1.82) is 0 Å². The van der Waals surface area contributed by atoms with Crippen molar-refractivity contribution >= 4 is 0 Å². The van der Waals surface area contributed by atoms with Crippen LogP contribution >= 0.6 is 0 Å². The molecule has 3 heteroatoms. The van der Waals surface area contributed by atoms with E-state index in [1.165, 1.54) is 25.7 Å². The minimum Gasteiger partial charge on any atom is -0.396 e. The van der Waals surface area contributed by atoms with Crippen LogP contribution in [0.1, 0.15) is 64.7 Å². The molecule has 0 bridgehead atoms. The Morgan fingerprint density at radius 2 is 1.73 bits per heavy atom. The number of rotatable bonds is 1. The molecule has 22 heavy (non-hydrogen) atoms. The Balaban J connectivity index is 1.65. The molecule has 0 aliphatic heterocycles. The van der Waals surface area contributed by atoms with Crippen molar-refractivity contribution in [3.63, 3.8) is 0 Å². The molecule has 3 N–H and O–H groups in total. The molecule has 4 fully saturated rings. The molecule has 0 aromatic heterocycles. The number of hydrogen-bond donors (Lipinski definition) is 3. The second-order valence-corrected chi connectivity index (χ2v) is 9.11. The zero-order chi connectivity index (χ0) is 15.5. The van der Waals surface area contributed by atoms with Crippen LogP contribution in [0.4, 0.5) is 0 Å². The van der Waals surface area contributed by atoms with Gasteiger partial charge in [0.05, 0.1) is 12.2 Å². The highest BCUT2D eigenvalue weighted by atomic mass is 16.3. The van der Waals surface area contributed by atoms with Crippen LogP contribution < -0.4 is 0 Å². The molecule has 8 atom stereocenters. The first-order valence-electron chi connectivity index (χ1n) is 9.48. The van der Waals surface area contributed by atoms with Gasteiger partial charge in [-0.1, -0.05) is 6.92 Å². The third-order valence-electron chi connectivity index (χ3n) is 8.58. The number of fused-ring (bicyclic) bond motifs is 5. The van der Waals surface area contributed by atoms with Crippen LogP contribution in [0.2, 0.25) is 0 Å². The molecule has 0 radical (unpaired) electrons. The number of aliphatic hydroxyl groups is 3. The zero-order valence-corrected chi connectivity index (χ0v) is 13.9. The van der Waals surface area contributed by atoms with Crippen molar-refractivity contribution < 1.29 is 15.3 Å². The van der Waals surface area contributed by atoms with E-state index < -0.39 is 0 Å². The third-order valence-corrected chi connectivity index (χ3v) is 8.58. The molecule has 0 heterocycles. The fraction of sp³-hybridized carbons (Fsp3) is 1.00. The Labute approximate surface area is 134 Å². The molecule has 0 aromatic carbocycles. The molecule has 4 saturated carbocycles. The van der Waals surface area contributed by atoms with Gasteiger partial charge in [0.25, 0.3) is 0 Å². The maximum absolute atomic E-state index is 10.5. The summed E-state index contributed by atoms with van der Waals surface area (Å²) in [7, 11) is 0. The molecule has 126 valence electrons. The first-order chi connectivity index (χ1) is 10.5. The van der Waals surface area contributed by atoms with E-state index in [1.807, 2.05) is 0 Å². The Kier molecular flexibility index (Phi) is 3.63. The average molecular weight is 308 g/mol. The maximum Gasteiger partial charge on any atom is 0.0596 e. The molecule has 0 amide bonds. The van der Waals surface area contributed by atoms with Gasteiger partial charge < -0.3 is 15.3 Å². The minimum atomic E-state index is -0.150. The lowest BCUT2D eigenvalue weighted by Gasteiger charge is -2.61. The zero-order valence-electron chi connectivity index (χ0n) is 13.9. The summed E-state index contributed by atoms with van der Waals surface area (Å²) in [6, 6.07) is 0. The summed E-state index contributed by atoms with van der Waals surface area (Å²) in [5.41, 5.74) is 0.190. The maximum atomic E-state index is 10.5. The van der Waals surface area contributed by atoms with Gasteiger partial charge in [0.1, 0.15) is 0 Å². The lowest BCUT2D eigenvalue weighted by molar-refractivity contribution is -0.158. The summed E-state index contributed by atoms with van der Waals surface area (Å²) in [6.45, 7) is 2.62. The average Bonchev–Trinajstić information content (AvgIpc) is 2.82. The van der Waals surface area contributed by atoms with Gasteiger partial charge in [0.2, 0.25) is 0 Å². The van der Waals surface area contributed by atoms with Gasteiger partial charge >= 0.3 is 0 Å². The van der Waals surface area contributed by atoms with Crippen molar-refractivity contribution in [2.24, 2.45) is 34.5 Å². The molecule has 4 rings (SSSR count). The largest absolute Gasteiger partial charge is 0.396 e. The van der Waals surface area contributed by atoms with Crippen LogP contribution in [-0.2, 0) is 0 Å². The van der Waals surface area contributed by atoms with Crippen LogP contribution in [0.25, 0.3) is 0 Å². The van der Waals surface area contributed by atoms with Crippen molar-refractivity contribution in [1.82, 2.24) is 0 Å². The van der Waals surface area contributed by atoms with E-state index in [2.05, 4.69) is 6.92 Å². The van der Waals surface area contributed by atoms with Crippen LogP contribution in [-0.4, -0.2) is 34.1 Å². The first kappa shape index (κ1) is 15.4. The van der Waals surface area contributed by atoms with Gasteiger partial charge in [-0.3, -0.25) is 0 Å². The van der Waals surface area contributed by atoms with Gasteiger partial charge in [-0.15, -0.1) is 0 Å². The summed E-state index contributed by atoms with van der Waals surface area (Å²) < 4.78 is 0. The van der Waals surface area contributed by atoms with Crippen LogP contribution in [0, 0.1) is 34.5 Å². The van der Waals surface area contributed by atoms with Gasteiger partial charge in [-0.05, 0) is 92.3 Å². The van der Waals surface area contributed by atoms with Crippen molar-refractivity contribution in [2.45, 2.75) is 76.9 Å². The van der Waals surface area contributed by atoms with E-state index in [-0.39, 0.29) is 23.0 Å². The van der Waals surface area contributed by atoms with Crippen LogP contribution in [0.15, 0.2) is 0 Å². The van der Waals surface area contributed by atoms with E-state index >= 15 is 0 Å². The lowest BCUT2D eigenvalue weighted by Crippen LogP contribution is -2.57. The Bertz CT molecular complexity index is 438. The standard InChI is InChI=1S/C19H32O3/c1-18-8-7-16-14(15(18)4-5-17(18)22)3-2-12-10-13(21)6-9-19(12,16)11-20/h12-17,20-22H,2-11H2,1H3/t12?,13?,14-,15-,16+,17?,18-,19+/m0/s1. The number of hydrogen-bond acceptors (Lipinski definition) is 3. The summed E-state index contributed by atoms with van der Waals surface area (Å²) in [5.74, 6) is 2.47. The SMILES string of the molecule is C[C@]12CC[C@@H]3[C@@H](CCC4CC(O)CC[C@@]43CO)[C@@H]1CCC2O. The predicted octanol–water partition coefficient (Wildman–Crippen LogP) is 2.72. The molecule has 0 aromatic rings. The van der Waals surface area contributed by atoms with Crippen molar-refractivity contribution in [3.8, 4) is 0 Å². The van der Waals surface area contributed by atoms with Gasteiger partial charge in [-0.25, -0.2) is 0 Å². The highest BCUT2D eigenvalue weighted by molar-refractivity contribution is 5.10. The van der Waals surface area contributed by atoms with E-state index in [1.54, 1.807) is 0 Å². The normalized spacial score (nSPS) is 57.8. The van der Waals surface area contributed by atoms with Crippen LogP contribution in [0.3, 0.4) is 0 Å². The van der Waals surface area contributed by atoms with Gasteiger partial charge in [0, 0.05) is 6.61 Å². The molecule has 3 unspecified atom stereocenters. The highest BCUT2D eigenvalue weighted by Crippen LogP contribution is 2.66. The fourth-order valence-corrected chi connectivity index (χ4v) is 7.31. The molecular weight excluding hydrogens is 276 g/mol. The highest BCUT2D eigenvalue weighted by Gasteiger charge is 2.61. The quantitative estimate of drug-likeness (QED) is 0.698. The monoisotopic (exact) mass is 308 g/mol. The second-order valence-electron chi connectivity index (χ2n) is 9.11. The third kappa shape index (κ3) is 1.91. The fourth-order valence-electron chi connectivity index (χ4n) is 7.31. The molecule has 0 saturated heterocycles. The topological polar surface area (TPSA) is 60.7 Å². The van der Waals surface area contributed by atoms with Gasteiger partial charge in [0.15, 0.2) is 0 Å². The molecule has 4 aliphatic rings.